The van der Waals surface area contributed by atoms with Gasteiger partial charge in [-0.2, -0.15) is 0 Å². The number of hydrogen-bond donors (Lipinski definition) is 2. The number of carbonyl (C=O) groups is 1. The molecule has 0 spiro atoms. The average Bonchev–Trinajstić information content (AvgIpc) is 2.84. The van der Waals surface area contributed by atoms with Crippen molar-refractivity contribution < 1.29 is 4.79 Å². The van der Waals surface area contributed by atoms with Crippen molar-refractivity contribution in [1.29, 1.82) is 0 Å². The molecular weight excluding hydrogens is 254 g/mol. The van der Waals surface area contributed by atoms with Crippen LogP contribution in [-0.4, -0.2) is 27.4 Å². The molecule has 106 valence electrons. The molecule has 1 heterocycles. The maximum Gasteiger partial charge on any atom is 0.251 e. The summed E-state index contributed by atoms with van der Waals surface area (Å²) in [5, 5.41) is 14.0. The van der Waals surface area contributed by atoms with E-state index in [1.54, 1.807) is 4.68 Å². The van der Waals surface area contributed by atoms with E-state index in [2.05, 4.69) is 20.9 Å². The molecule has 0 saturated heterocycles. The molecule has 2 aromatic rings. The molecule has 1 aromatic heterocycles. The summed E-state index contributed by atoms with van der Waals surface area (Å²) in [6, 6.07) is 5.62. The van der Waals surface area contributed by atoms with E-state index in [0.29, 0.717) is 18.7 Å². The van der Waals surface area contributed by atoms with Gasteiger partial charge in [0.1, 0.15) is 5.69 Å². The molecule has 0 unspecified atom stereocenters. The number of aryl methyl sites for hydroxylation is 2. The molecule has 0 bridgehead atoms. The van der Waals surface area contributed by atoms with Gasteiger partial charge in [0, 0.05) is 31.0 Å². The van der Waals surface area contributed by atoms with Crippen LogP contribution < -0.4 is 10.6 Å². The number of hydrogen-bond acceptors (Lipinski definition) is 4. The molecule has 6 nitrogen and oxygen atoms in total. The van der Waals surface area contributed by atoms with Crippen LogP contribution in [0.1, 0.15) is 28.5 Å². The van der Waals surface area contributed by atoms with E-state index in [9.17, 15) is 4.79 Å². The molecule has 1 aromatic carbocycles. The van der Waals surface area contributed by atoms with Crippen LogP contribution >= 0.6 is 0 Å². The first-order valence-electron chi connectivity index (χ1n) is 6.58. The molecule has 1 amide bonds. The summed E-state index contributed by atoms with van der Waals surface area (Å²) in [6.45, 7) is 5.10. The van der Waals surface area contributed by atoms with Crippen molar-refractivity contribution in [3.8, 4) is 0 Å². The minimum absolute atomic E-state index is 0.0601. The monoisotopic (exact) mass is 273 g/mol. The summed E-state index contributed by atoms with van der Waals surface area (Å²) in [5.41, 5.74) is 3.52. The normalized spacial score (nSPS) is 10.3. The summed E-state index contributed by atoms with van der Waals surface area (Å²) in [4.78, 5) is 11.8. The standard InChI is InChI=1S/C14H19N5O/c1-4-15-14(20)11-6-5-10(2)13(7-11)16-8-12-9-19(3)18-17-12/h5-7,9,16H,4,8H2,1-3H3,(H,15,20). The van der Waals surface area contributed by atoms with Crippen LogP contribution in [0.5, 0.6) is 0 Å². The molecule has 2 N–H and O–H groups in total. The Hall–Kier alpha value is -2.37. The van der Waals surface area contributed by atoms with Crippen LogP contribution in [0.4, 0.5) is 5.69 Å². The van der Waals surface area contributed by atoms with Crippen LogP contribution in [0.3, 0.4) is 0 Å². The Morgan fingerprint density at radius 3 is 2.85 bits per heavy atom. The topological polar surface area (TPSA) is 71.8 Å². The van der Waals surface area contributed by atoms with Crippen molar-refractivity contribution in [2.75, 3.05) is 11.9 Å². The summed E-state index contributed by atoms with van der Waals surface area (Å²) >= 11 is 0. The fourth-order valence-electron chi connectivity index (χ4n) is 1.88. The second-order valence-electron chi connectivity index (χ2n) is 4.63. The second kappa shape index (κ2) is 6.18. The third kappa shape index (κ3) is 3.34. The summed E-state index contributed by atoms with van der Waals surface area (Å²) in [7, 11) is 1.83. The lowest BCUT2D eigenvalue weighted by Crippen LogP contribution is -2.22. The molecule has 0 aliphatic rings. The number of amides is 1. The van der Waals surface area contributed by atoms with E-state index in [1.807, 2.05) is 45.3 Å². The lowest BCUT2D eigenvalue weighted by molar-refractivity contribution is 0.0956. The van der Waals surface area contributed by atoms with Gasteiger partial charge >= 0.3 is 0 Å². The molecule has 0 saturated carbocycles. The third-order valence-electron chi connectivity index (χ3n) is 2.95. The van der Waals surface area contributed by atoms with Crippen molar-refractivity contribution >= 4 is 11.6 Å². The fraction of sp³-hybridized carbons (Fsp3) is 0.357. The SMILES string of the molecule is CCNC(=O)c1ccc(C)c(NCc2cn(C)nn2)c1. The number of benzene rings is 1. The highest BCUT2D eigenvalue weighted by Crippen LogP contribution is 2.17. The Balaban J connectivity index is 2.10. The van der Waals surface area contributed by atoms with Gasteiger partial charge in [0.2, 0.25) is 0 Å². The zero-order valence-electron chi connectivity index (χ0n) is 12.0. The van der Waals surface area contributed by atoms with Gasteiger partial charge in [-0.15, -0.1) is 5.10 Å². The molecular formula is C14H19N5O. The van der Waals surface area contributed by atoms with E-state index in [-0.39, 0.29) is 5.91 Å². The molecule has 0 fully saturated rings. The molecule has 0 aliphatic heterocycles. The average molecular weight is 273 g/mol. The van der Waals surface area contributed by atoms with Gasteiger partial charge in [-0.05, 0) is 31.5 Å². The molecule has 0 aliphatic carbocycles. The Kier molecular flexibility index (Phi) is 4.34. The van der Waals surface area contributed by atoms with Gasteiger partial charge in [-0.25, -0.2) is 0 Å². The Bertz CT molecular complexity index is 605. The number of anilines is 1. The van der Waals surface area contributed by atoms with Gasteiger partial charge in [-0.3, -0.25) is 9.48 Å². The summed E-state index contributed by atoms with van der Waals surface area (Å²) in [5.74, 6) is -0.0601. The first-order chi connectivity index (χ1) is 9.60. The van der Waals surface area contributed by atoms with Gasteiger partial charge in [0.25, 0.3) is 5.91 Å². The zero-order valence-corrected chi connectivity index (χ0v) is 12.0. The number of nitrogens with one attached hydrogen (secondary N) is 2. The molecule has 6 heteroatoms. The smallest absolute Gasteiger partial charge is 0.251 e. The van der Waals surface area contributed by atoms with Crippen molar-refractivity contribution in [1.82, 2.24) is 20.3 Å². The molecule has 20 heavy (non-hydrogen) atoms. The minimum Gasteiger partial charge on any atom is -0.379 e. The predicted molar refractivity (Wildman–Crippen MR) is 77.5 cm³/mol. The van der Waals surface area contributed by atoms with E-state index in [1.165, 1.54) is 0 Å². The van der Waals surface area contributed by atoms with Crippen LogP contribution in [0.2, 0.25) is 0 Å². The number of nitrogens with zero attached hydrogens (tertiary/aromatic N) is 3. The first kappa shape index (κ1) is 14.0. The van der Waals surface area contributed by atoms with Crippen LogP contribution in [0, 0.1) is 6.92 Å². The largest absolute Gasteiger partial charge is 0.379 e. The molecule has 0 atom stereocenters. The fourth-order valence-corrected chi connectivity index (χ4v) is 1.88. The van der Waals surface area contributed by atoms with E-state index >= 15 is 0 Å². The quantitative estimate of drug-likeness (QED) is 0.865. The number of rotatable bonds is 5. The van der Waals surface area contributed by atoms with Crippen LogP contribution in [-0.2, 0) is 13.6 Å². The van der Waals surface area contributed by atoms with Gasteiger partial charge < -0.3 is 10.6 Å². The second-order valence-corrected chi connectivity index (χ2v) is 4.63. The van der Waals surface area contributed by atoms with E-state index < -0.39 is 0 Å². The number of carbonyl (C=O) groups excluding carboxylic acids is 1. The maximum atomic E-state index is 11.8. The van der Waals surface area contributed by atoms with Crippen molar-refractivity contribution in [2.45, 2.75) is 20.4 Å². The maximum absolute atomic E-state index is 11.8. The number of aromatic nitrogens is 3. The Morgan fingerprint density at radius 1 is 1.40 bits per heavy atom. The third-order valence-corrected chi connectivity index (χ3v) is 2.95. The zero-order chi connectivity index (χ0) is 14.5. The van der Waals surface area contributed by atoms with Gasteiger partial charge in [-0.1, -0.05) is 11.3 Å². The highest BCUT2D eigenvalue weighted by atomic mass is 16.1. The van der Waals surface area contributed by atoms with Crippen LogP contribution in [0.25, 0.3) is 0 Å². The van der Waals surface area contributed by atoms with Crippen molar-refractivity contribution in [3.05, 3.63) is 41.2 Å². The highest BCUT2D eigenvalue weighted by molar-refractivity contribution is 5.95. The molecule has 2 rings (SSSR count). The van der Waals surface area contributed by atoms with Crippen molar-refractivity contribution in [3.63, 3.8) is 0 Å². The predicted octanol–water partition coefficient (Wildman–Crippen LogP) is 1.49. The summed E-state index contributed by atoms with van der Waals surface area (Å²) in [6.07, 6.45) is 1.86. The Morgan fingerprint density at radius 2 is 2.20 bits per heavy atom. The Labute approximate surface area is 118 Å². The lowest BCUT2D eigenvalue weighted by atomic mass is 10.1. The van der Waals surface area contributed by atoms with E-state index in [0.717, 1.165) is 16.9 Å². The summed E-state index contributed by atoms with van der Waals surface area (Å²) < 4.78 is 1.66. The van der Waals surface area contributed by atoms with Crippen LogP contribution in [0.15, 0.2) is 24.4 Å². The van der Waals surface area contributed by atoms with Crippen molar-refractivity contribution in [2.24, 2.45) is 7.05 Å². The molecule has 0 radical (unpaired) electrons. The minimum atomic E-state index is -0.0601. The van der Waals surface area contributed by atoms with Gasteiger partial charge in [0.05, 0.1) is 6.54 Å². The van der Waals surface area contributed by atoms with E-state index in [4.69, 9.17) is 0 Å². The van der Waals surface area contributed by atoms with Gasteiger partial charge in [0.15, 0.2) is 0 Å². The lowest BCUT2D eigenvalue weighted by Gasteiger charge is -2.10. The highest BCUT2D eigenvalue weighted by Gasteiger charge is 2.07. The first-order valence-corrected chi connectivity index (χ1v) is 6.58.